The molecule has 0 aliphatic rings. The minimum Gasteiger partial charge on any atom is -0.354 e. The number of benzene rings is 1. The number of amides is 1. The van der Waals surface area contributed by atoms with Crippen molar-refractivity contribution in [3.63, 3.8) is 0 Å². The van der Waals surface area contributed by atoms with Crippen LogP contribution < -0.4 is 5.32 Å². The van der Waals surface area contributed by atoms with E-state index in [4.69, 9.17) is 0 Å². The highest BCUT2D eigenvalue weighted by atomic mass is 19.1. The maximum absolute atomic E-state index is 14.8. The molecule has 0 unspecified atom stereocenters. The third-order valence-electron chi connectivity index (χ3n) is 5.05. The molecule has 0 atom stereocenters. The third kappa shape index (κ3) is 3.84. The number of aromatic amines is 2. The molecule has 3 N–H and O–H groups in total. The van der Waals surface area contributed by atoms with Gasteiger partial charge in [0.1, 0.15) is 11.5 Å². The molecule has 0 radical (unpaired) electrons. The van der Waals surface area contributed by atoms with Gasteiger partial charge in [0.2, 0.25) is 0 Å². The second-order valence-corrected chi connectivity index (χ2v) is 7.61. The quantitative estimate of drug-likeness (QED) is 0.454. The number of nitrogens with zero attached hydrogens (tertiary/aromatic N) is 2. The molecule has 0 aliphatic carbocycles. The molecular formula is C23H24FN5O. The zero-order valence-corrected chi connectivity index (χ0v) is 17.2. The lowest BCUT2D eigenvalue weighted by molar-refractivity contribution is 0.0952. The van der Waals surface area contributed by atoms with Gasteiger partial charge in [0.05, 0.1) is 11.3 Å². The van der Waals surface area contributed by atoms with Crippen LogP contribution in [-0.4, -0.2) is 52.9 Å². The van der Waals surface area contributed by atoms with E-state index in [1.165, 1.54) is 6.07 Å². The molecule has 1 amide bonds. The Morgan fingerprint density at radius 3 is 2.77 bits per heavy atom. The highest BCUT2D eigenvalue weighted by molar-refractivity contribution is 6.03. The van der Waals surface area contributed by atoms with E-state index in [0.717, 1.165) is 27.9 Å². The highest BCUT2D eigenvalue weighted by Gasteiger charge is 2.21. The lowest BCUT2D eigenvalue weighted by atomic mass is 10.0. The van der Waals surface area contributed by atoms with E-state index >= 15 is 0 Å². The maximum Gasteiger partial charge on any atom is 0.253 e. The Bertz CT molecular complexity index is 1210. The first-order valence-electron chi connectivity index (χ1n) is 9.79. The number of pyridine rings is 1. The van der Waals surface area contributed by atoms with E-state index in [-0.39, 0.29) is 11.7 Å². The number of H-pyrrole nitrogens is 2. The molecule has 7 heteroatoms. The first-order valence-corrected chi connectivity index (χ1v) is 9.79. The summed E-state index contributed by atoms with van der Waals surface area (Å²) < 4.78 is 14.8. The summed E-state index contributed by atoms with van der Waals surface area (Å²) >= 11 is 0. The van der Waals surface area contributed by atoms with Gasteiger partial charge in [-0.25, -0.2) is 9.37 Å². The summed E-state index contributed by atoms with van der Waals surface area (Å²) in [7, 11) is 3.89. The molecule has 1 aromatic carbocycles. The number of hydrogen-bond donors (Lipinski definition) is 3. The van der Waals surface area contributed by atoms with Crippen LogP contribution in [0.15, 0.2) is 48.8 Å². The zero-order valence-electron chi connectivity index (χ0n) is 17.2. The Labute approximate surface area is 174 Å². The summed E-state index contributed by atoms with van der Waals surface area (Å²) in [6.45, 7) is 3.05. The van der Waals surface area contributed by atoms with E-state index in [1.54, 1.807) is 18.3 Å². The number of aryl methyl sites for hydroxylation is 1. The molecule has 4 rings (SSSR count). The molecule has 0 bridgehead atoms. The van der Waals surface area contributed by atoms with Gasteiger partial charge < -0.3 is 20.2 Å². The fraction of sp³-hybridized carbons (Fsp3) is 0.217. The summed E-state index contributed by atoms with van der Waals surface area (Å²) in [5.74, 6) is -0.610. The molecule has 4 aromatic rings. The van der Waals surface area contributed by atoms with Crippen molar-refractivity contribution in [1.82, 2.24) is 25.2 Å². The van der Waals surface area contributed by atoms with Gasteiger partial charge in [-0.3, -0.25) is 4.79 Å². The van der Waals surface area contributed by atoms with Crippen LogP contribution in [0, 0.1) is 12.7 Å². The predicted octanol–water partition coefficient (Wildman–Crippen LogP) is 3.96. The first-order chi connectivity index (χ1) is 14.4. The molecule has 154 valence electrons. The normalized spacial score (nSPS) is 11.4. The van der Waals surface area contributed by atoms with E-state index in [0.29, 0.717) is 29.9 Å². The number of fused-ring (bicyclic) bond motifs is 1. The lowest BCUT2D eigenvalue weighted by Gasteiger charge is -2.11. The number of nitrogens with one attached hydrogen (secondary N) is 3. The molecule has 0 aliphatic heterocycles. The summed E-state index contributed by atoms with van der Waals surface area (Å²) in [5.41, 5.74) is 4.43. The van der Waals surface area contributed by atoms with Gasteiger partial charge in [0, 0.05) is 47.7 Å². The average Bonchev–Trinajstić information content (AvgIpc) is 3.34. The SMILES string of the molecule is Cc1ccc(-c2[nH]c(-c3ccnc4[nH]ccc34)cc2C(=O)NCCN(C)C)c(F)c1. The summed E-state index contributed by atoms with van der Waals surface area (Å²) in [4.78, 5) is 25.6. The smallest absolute Gasteiger partial charge is 0.253 e. The fourth-order valence-corrected chi connectivity index (χ4v) is 3.50. The number of carbonyl (C=O) groups excluding carboxylic acids is 1. The summed E-state index contributed by atoms with van der Waals surface area (Å²) in [6, 6.07) is 10.6. The van der Waals surface area contributed by atoms with Crippen molar-refractivity contribution < 1.29 is 9.18 Å². The van der Waals surface area contributed by atoms with Gasteiger partial charge in [-0.1, -0.05) is 6.07 Å². The van der Waals surface area contributed by atoms with Gasteiger partial charge in [0.15, 0.2) is 0 Å². The van der Waals surface area contributed by atoms with Crippen LogP contribution >= 0.6 is 0 Å². The number of hydrogen-bond acceptors (Lipinski definition) is 3. The molecule has 3 aromatic heterocycles. The Morgan fingerprint density at radius 1 is 1.17 bits per heavy atom. The van der Waals surface area contributed by atoms with Crippen molar-refractivity contribution in [2.45, 2.75) is 6.92 Å². The van der Waals surface area contributed by atoms with E-state index in [2.05, 4.69) is 20.3 Å². The molecule has 3 heterocycles. The Hall–Kier alpha value is -3.45. The van der Waals surface area contributed by atoms with Crippen LogP contribution in [0.4, 0.5) is 4.39 Å². The fourth-order valence-electron chi connectivity index (χ4n) is 3.50. The summed E-state index contributed by atoms with van der Waals surface area (Å²) in [5, 5.41) is 3.85. The lowest BCUT2D eigenvalue weighted by Crippen LogP contribution is -2.31. The highest BCUT2D eigenvalue weighted by Crippen LogP contribution is 2.33. The maximum atomic E-state index is 14.8. The molecule has 0 saturated carbocycles. The number of likely N-dealkylation sites (N-methyl/N-ethyl adjacent to an activating group) is 1. The number of carbonyl (C=O) groups is 1. The molecular weight excluding hydrogens is 381 g/mol. The van der Waals surface area contributed by atoms with Gasteiger partial charge in [-0.2, -0.15) is 0 Å². The number of aromatic nitrogens is 3. The standard InChI is InChI=1S/C23H24FN5O/c1-14-4-5-17(19(24)12-14)21-18(23(30)27-10-11-29(2)3)13-20(28-21)15-6-8-25-22-16(15)7-9-26-22/h4-9,12-13,28H,10-11H2,1-3H3,(H,25,26)(H,27,30). The molecule has 0 fully saturated rings. The minimum atomic E-state index is -0.368. The molecule has 0 saturated heterocycles. The number of rotatable bonds is 6. The van der Waals surface area contributed by atoms with Crippen LogP contribution in [0.3, 0.4) is 0 Å². The Kier molecular flexibility index (Phi) is 5.37. The Balaban J connectivity index is 1.81. The van der Waals surface area contributed by atoms with Crippen molar-refractivity contribution in [3.05, 3.63) is 65.7 Å². The van der Waals surface area contributed by atoms with Gasteiger partial charge in [-0.15, -0.1) is 0 Å². The van der Waals surface area contributed by atoms with Crippen molar-refractivity contribution in [2.24, 2.45) is 0 Å². The van der Waals surface area contributed by atoms with E-state index < -0.39 is 0 Å². The topological polar surface area (TPSA) is 76.8 Å². The molecule has 0 spiro atoms. The van der Waals surface area contributed by atoms with Crippen LogP contribution in [0.5, 0.6) is 0 Å². The van der Waals surface area contributed by atoms with Crippen LogP contribution in [0.2, 0.25) is 0 Å². The van der Waals surface area contributed by atoms with Gasteiger partial charge in [-0.05, 0) is 56.9 Å². The average molecular weight is 405 g/mol. The Morgan fingerprint density at radius 2 is 2.00 bits per heavy atom. The third-order valence-corrected chi connectivity index (χ3v) is 5.05. The second-order valence-electron chi connectivity index (χ2n) is 7.61. The molecule has 30 heavy (non-hydrogen) atoms. The molecule has 6 nitrogen and oxygen atoms in total. The van der Waals surface area contributed by atoms with Crippen molar-refractivity contribution >= 4 is 16.9 Å². The van der Waals surface area contributed by atoms with E-state index in [9.17, 15) is 9.18 Å². The van der Waals surface area contributed by atoms with Gasteiger partial charge >= 0.3 is 0 Å². The number of halogens is 1. The van der Waals surface area contributed by atoms with Crippen molar-refractivity contribution in [2.75, 3.05) is 27.2 Å². The van der Waals surface area contributed by atoms with Gasteiger partial charge in [0.25, 0.3) is 5.91 Å². The second kappa shape index (κ2) is 8.12. The summed E-state index contributed by atoms with van der Waals surface area (Å²) in [6.07, 6.45) is 3.53. The largest absolute Gasteiger partial charge is 0.354 e. The first kappa shape index (κ1) is 19.8. The van der Waals surface area contributed by atoms with Crippen LogP contribution in [0.25, 0.3) is 33.5 Å². The van der Waals surface area contributed by atoms with Crippen LogP contribution in [-0.2, 0) is 0 Å². The predicted molar refractivity (Wildman–Crippen MR) is 117 cm³/mol. The van der Waals surface area contributed by atoms with Crippen molar-refractivity contribution in [1.29, 1.82) is 0 Å². The van der Waals surface area contributed by atoms with E-state index in [1.807, 2.05) is 50.3 Å². The zero-order chi connectivity index (χ0) is 21.3. The minimum absolute atomic E-state index is 0.242. The van der Waals surface area contributed by atoms with Crippen LogP contribution in [0.1, 0.15) is 15.9 Å². The monoisotopic (exact) mass is 405 g/mol. The van der Waals surface area contributed by atoms with Crippen molar-refractivity contribution in [3.8, 4) is 22.5 Å².